The van der Waals surface area contributed by atoms with Crippen LogP contribution in [0.5, 0.6) is 17.2 Å². The molecular formula is C10H12O3. The van der Waals surface area contributed by atoms with Gasteiger partial charge in [0.15, 0.2) is 0 Å². The van der Waals surface area contributed by atoms with E-state index in [1.165, 1.54) is 31.0 Å². The Morgan fingerprint density at radius 1 is 1.15 bits per heavy atom. The largest absolute Gasteiger partial charge is 0.508 e. The lowest BCUT2D eigenvalue weighted by Gasteiger charge is -2.05. The number of rotatable bonds is 3. The third kappa shape index (κ3) is 2.28. The van der Waals surface area contributed by atoms with Gasteiger partial charge in [-0.3, -0.25) is 0 Å². The fraction of sp³-hybridized carbons (Fsp3) is 0.400. The fourth-order valence-electron chi connectivity index (χ4n) is 1.15. The fourth-order valence-corrected chi connectivity index (χ4v) is 1.15. The topological polar surface area (TPSA) is 49.7 Å². The third-order valence-electron chi connectivity index (χ3n) is 2.06. The summed E-state index contributed by atoms with van der Waals surface area (Å²) in [6, 6.07) is 4.29. The molecule has 0 heterocycles. The number of ether oxygens (including phenoxy) is 1. The molecule has 1 aromatic rings. The first kappa shape index (κ1) is 8.23. The Hall–Kier alpha value is -1.38. The Labute approximate surface area is 76.6 Å². The van der Waals surface area contributed by atoms with E-state index in [9.17, 15) is 0 Å². The van der Waals surface area contributed by atoms with Crippen molar-refractivity contribution in [2.24, 2.45) is 5.92 Å². The third-order valence-corrected chi connectivity index (χ3v) is 2.06. The van der Waals surface area contributed by atoms with Crippen LogP contribution in [-0.2, 0) is 0 Å². The molecule has 0 saturated heterocycles. The van der Waals surface area contributed by atoms with E-state index in [0.717, 1.165) is 0 Å². The molecule has 0 unspecified atom stereocenters. The molecule has 0 radical (unpaired) electrons. The maximum atomic E-state index is 9.13. The molecule has 3 nitrogen and oxygen atoms in total. The Morgan fingerprint density at radius 3 is 2.31 bits per heavy atom. The highest BCUT2D eigenvalue weighted by molar-refractivity contribution is 5.40. The van der Waals surface area contributed by atoms with Gasteiger partial charge in [0.05, 0.1) is 6.61 Å². The monoisotopic (exact) mass is 180 g/mol. The van der Waals surface area contributed by atoms with E-state index in [0.29, 0.717) is 18.3 Å². The summed E-state index contributed by atoms with van der Waals surface area (Å²) in [4.78, 5) is 0. The van der Waals surface area contributed by atoms with Crippen molar-refractivity contribution in [1.29, 1.82) is 0 Å². The summed E-state index contributed by atoms with van der Waals surface area (Å²) in [7, 11) is 0. The lowest BCUT2D eigenvalue weighted by molar-refractivity contribution is 0.296. The van der Waals surface area contributed by atoms with Crippen LogP contribution in [0.15, 0.2) is 18.2 Å². The number of aromatic hydroxyl groups is 2. The molecular weight excluding hydrogens is 168 g/mol. The van der Waals surface area contributed by atoms with Crippen LogP contribution in [0.3, 0.4) is 0 Å². The van der Waals surface area contributed by atoms with E-state index in [-0.39, 0.29) is 11.5 Å². The highest BCUT2D eigenvalue weighted by Crippen LogP contribution is 2.31. The van der Waals surface area contributed by atoms with Gasteiger partial charge in [0.2, 0.25) is 0 Å². The van der Waals surface area contributed by atoms with Crippen molar-refractivity contribution in [2.45, 2.75) is 12.8 Å². The minimum atomic E-state index is 0.0331. The molecule has 0 aromatic heterocycles. The second kappa shape index (κ2) is 3.17. The predicted octanol–water partition coefficient (Wildman–Crippen LogP) is 1.89. The van der Waals surface area contributed by atoms with Gasteiger partial charge in [0.1, 0.15) is 17.2 Å². The summed E-state index contributed by atoms with van der Waals surface area (Å²) in [5.41, 5.74) is 0. The minimum Gasteiger partial charge on any atom is -0.508 e. The smallest absolute Gasteiger partial charge is 0.126 e. The summed E-state index contributed by atoms with van der Waals surface area (Å²) < 4.78 is 5.37. The molecule has 2 N–H and O–H groups in total. The number of benzene rings is 1. The van der Waals surface area contributed by atoms with E-state index in [1.54, 1.807) is 0 Å². The summed E-state index contributed by atoms with van der Waals surface area (Å²) in [6.07, 6.45) is 2.45. The summed E-state index contributed by atoms with van der Waals surface area (Å²) in [5, 5.41) is 18.3. The van der Waals surface area contributed by atoms with Gasteiger partial charge < -0.3 is 14.9 Å². The van der Waals surface area contributed by atoms with E-state index in [4.69, 9.17) is 14.9 Å². The van der Waals surface area contributed by atoms with E-state index >= 15 is 0 Å². The van der Waals surface area contributed by atoms with Crippen LogP contribution in [0.25, 0.3) is 0 Å². The van der Waals surface area contributed by atoms with Gasteiger partial charge in [-0.05, 0) is 18.8 Å². The van der Waals surface area contributed by atoms with Crippen LogP contribution in [0.2, 0.25) is 0 Å². The highest BCUT2D eigenvalue weighted by Gasteiger charge is 2.21. The Kier molecular flexibility index (Phi) is 2.00. The van der Waals surface area contributed by atoms with Crippen molar-refractivity contribution in [3.8, 4) is 17.2 Å². The van der Waals surface area contributed by atoms with Crippen LogP contribution in [0, 0.1) is 5.92 Å². The number of phenols is 2. The lowest BCUT2D eigenvalue weighted by atomic mass is 10.3. The zero-order valence-electron chi connectivity index (χ0n) is 7.23. The second-order valence-electron chi connectivity index (χ2n) is 3.44. The van der Waals surface area contributed by atoms with Gasteiger partial charge in [-0.25, -0.2) is 0 Å². The molecule has 0 spiro atoms. The van der Waals surface area contributed by atoms with Crippen molar-refractivity contribution < 1.29 is 14.9 Å². The average Bonchev–Trinajstić information content (AvgIpc) is 2.81. The molecule has 0 bridgehead atoms. The van der Waals surface area contributed by atoms with Crippen LogP contribution < -0.4 is 4.74 Å². The van der Waals surface area contributed by atoms with Crippen molar-refractivity contribution >= 4 is 0 Å². The van der Waals surface area contributed by atoms with E-state index in [2.05, 4.69) is 0 Å². The molecule has 1 aliphatic rings. The normalized spacial score (nSPS) is 15.7. The lowest BCUT2D eigenvalue weighted by Crippen LogP contribution is -1.98. The zero-order chi connectivity index (χ0) is 9.26. The van der Waals surface area contributed by atoms with Gasteiger partial charge >= 0.3 is 0 Å². The van der Waals surface area contributed by atoms with Gasteiger partial charge in [-0.15, -0.1) is 0 Å². The SMILES string of the molecule is Oc1cc(O)cc(OCC2CC2)c1. The average molecular weight is 180 g/mol. The maximum Gasteiger partial charge on any atom is 0.126 e. The maximum absolute atomic E-state index is 9.13. The predicted molar refractivity (Wildman–Crippen MR) is 48.0 cm³/mol. The Balaban J connectivity index is 2.01. The quantitative estimate of drug-likeness (QED) is 0.746. The molecule has 1 aliphatic carbocycles. The second-order valence-corrected chi connectivity index (χ2v) is 3.44. The van der Waals surface area contributed by atoms with Gasteiger partial charge in [0.25, 0.3) is 0 Å². The van der Waals surface area contributed by atoms with E-state index < -0.39 is 0 Å². The summed E-state index contributed by atoms with van der Waals surface area (Å²) >= 11 is 0. The van der Waals surface area contributed by atoms with Gasteiger partial charge in [-0.2, -0.15) is 0 Å². The first-order valence-electron chi connectivity index (χ1n) is 4.40. The van der Waals surface area contributed by atoms with Crippen molar-refractivity contribution in [3.63, 3.8) is 0 Å². The Bertz CT molecular complexity index is 285. The summed E-state index contributed by atoms with van der Waals surface area (Å²) in [5.74, 6) is 1.27. The first-order valence-corrected chi connectivity index (χ1v) is 4.40. The van der Waals surface area contributed by atoms with Crippen LogP contribution in [0.4, 0.5) is 0 Å². The highest BCUT2D eigenvalue weighted by atomic mass is 16.5. The van der Waals surface area contributed by atoms with Gasteiger partial charge in [0, 0.05) is 18.2 Å². The van der Waals surface area contributed by atoms with Gasteiger partial charge in [-0.1, -0.05) is 0 Å². The number of phenolic OH excluding ortho intramolecular Hbond substituents is 2. The number of hydrogen-bond donors (Lipinski definition) is 2. The Morgan fingerprint density at radius 2 is 1.77 bits per heavy atom. The van der Waals surface area contributed by atoms with Crippen LogP contribution in [0.1, 0.15) is 12.8 Å². The molecule has 1 fully saturated rings. The molecule has 0 amide bonds. The molecule has 2 rings (SSSR count). The molecule has 70 valence electrons. The zero-order valence-corrected chi connectivity index (χ0v) is 7.23. The standard InChI is InChI=1S/C10H12O3/c11-8-3-9(12)5-10(4-8)13-6-7-1-2-7/h3-5,7,11-12H,1-2,6H2. The van der Waals surface area contributed by atoms with Crippen LogP contribution >= 0.6 is 0 Å². The van der Waals surface area contributed by atoms with E-state index in [1.807, 2.05) is 0 Å². The summed E-state index contributed by atoms with van der Waals surface area (Å²) in [6.45, 7) is 0.683. The molecule has 0 atom stereocenters. The molecule has 3 heteroatoms. The molecule has 1 saturated carbocycles. The minimum absolute atomic E-state index is 0.0331. The first-order chi connectivity index (χ1) is 6.24. The van der Waals surface area contributed by atoms with Crippen LogP contribution in [-0.4, -0.2) is 16.8 Å². The van der Waals surface area contributed by atoms with Crippen molar-refractivity contribution in [3.05, 3.63) is 18.2 Å². The van der Waals surface area contributed by atoms with Crippen molar-refractivity contribution in [1.82, 2.24) is 0 Å². The molecule has 13 heavy (non-hydrogen) atoms. The molecule has 1 aromatic carbocycles. The van der Waals surface area contributed by atoms with Crippen molar-refractivity contribution in [2.75, 3.05) is 6.61 Å². The number of hydrogen-bond acceptors (Lipinski definition) is 3. The molecule has 0 aliphatic heterocycles.